The minimum atomic E-state index is -0.834. The molecule has 25 heavy (non-hydrogen) atoms. The minimum absolute atomic E-state index is 0.0837. The molecular formula is C16H14Cl2N2O5. The summed E-state index contributed by atoms with van der Waals surface area (Å²) < 4.78 is 4.89. The van der Waals surface area contributed by atoms with Crippen LogP contribution in [-0.4, -0.2) is 59.7 Å². The smallest absolute Gasteiger partial charge is 0.326 e. The monoisotopic (exact) mass is 384 g/mol. The van der Waals surface area contributed by atoms with Gasteiger partial charge in [0.25, 0.3) is 17.7 Å². The first kappa shape index (κ1) is 17.7. The zero-order valence-electron chi connectivity index (χ0n) is 13.1. The Labute approximate surface area is 153 Å². The van der Waals surface area contributed by atoms with Crippen molar-refractivity contribution in [1.29, 1.82) is 0 Å². The highest BCUT2D eigenvalue weighted by atomic mass is 35.5. The SMILES string of the molecule is O=C(CN1C(=O)c2cc(Cl)c(Cl)cc2C1=O)OCC(=O)N1CCCC1. The maximum atomic E-state index is 12.3. The summed E-state index contributed by atoms with van der Waals surface area (Å²) in [6.45, 7) is 0.321. The fraction of sp³-hybridized carbons (Fsp3) is 0.375. The van der Waals surface area contributed by atoms with Gasteiger partial charge in [-0.15, -0.1) is 0 Å². The van der Waals surface area contributed by atoms with Gasteiger partial charge in [0, 0.05) is 13.1 Å². The van der Waals surface area contributed by atoms with Crippen LogP contribution in [0.1, 0.15) is 33.6 Å². The van der Waals surface area contributed by atoms with Crippen LogP contribution in [-0.2, 0) is 14.3 Å². The Morgan fingerprint density at radius 1 is 1.00 bits per heavy atom. The van der Waals surface area contributed by atoms with Crippen molar-refractivity contribution in [2.75, 3.05) is 26.2 Å². The number of carbonyl (C=O) groups is 4. The molecule has 1 aromatic rings. The van der Waals surface area contributed by atoms with E-state index in [1.807, 2.05) is 0 Å². The summed E-state index contributed by atoms with van der Waals surface area (Å²) in [6, 6.07) is 2.59. The van der Waals surface area contributed by atoms with Crippen LogP contribution >= 0.6 is 23.2 Å². The van der Waals surface area contributed by atoms with Crippen molar-refractivity contribution in [1.82, 2.24) is 9.80 Å². The van der Waals surface area contributed by atoms with E-state index in [-0.39, 0.29) is 27.1 Å². The van der Waals surface area contributed by atoms with Crippen LogP contribution in [0.5, 0.6) is 0 Å². The molecule has 2 heterocycles. The summed E-state index contributed by atoms with van der Waals surface area (Å²) in [5.41, 5.74) is 0.167. The van der Waals surface area contributed by atoms with Crippen molar-refractivity contribution < 1.29 is 23.9 Å². The average molecular weight is 385 g/mol. The highest BCUT2D eigenvalue weighted by molar-refractivity contribution is 6.43. The first-order valence-corrected chi connectivity index (χ1v) is 8.42. The number of rotatable bonds is 4. The van der Waals surface area contributed by atoms with Gasteiger partial charge in [0.15, 0.2) is 6.61 Å². The van der Waals surface area contributed by atoms with Gasteiger partial charge in [-0.25, -0.2) is 0 Å². The van der Waals surface area contributed by atoms with Crippen LogP contribution in [0.4, 0.5) is 0 Å². The highest BCUT2D eigenvalue weighted by Crippen LogP contribution is 2.31. The molecule has 0 radical (unpaired) electrons. The predicted octanol–water partition coefficient (Wildman–Crippen LogP) is 1.76. The number of nitrogens with zero attached hydrogens (tertiary/aromatic N) is 2. The fourth-order valence-electron chi connectivity index (χ4n) is 2.80. The molecule has 3 rings (SSSR count). The molecule has 132 valence electrons. The van der Waals surface area contributed by atoms with E-state index in [1.54, 1.807) is 4.90 Å². The standard InChI is InChI=1S/C16H14Cl2N2O5/c17-11-5-9-10(6-12(11)18)16(24)20(15(9)23)7-14(22)25-8-13(21)19-3-1-2-4-19/h5-6H,1-4,7-8H2. The lowest BCUT2D eigenvalue weighted by Gasteiger charge is -2.16. The predicted molar refractivity (Wildman–Crippen MR) is 88.6 cm³/mol. The van der Waals surface area contributed by atoms with Crippen molar-refractivity contribution in [2.24, 2.45) is 0 Å². The fourth-order valence-corrected chi connectivity index (χ4v) is 3.13. The van der Waals surface area contributed by atoms with Crippen LogP contribution in [0.3, 0.4) is 0 Å². The molecule has 1 aromatic carbocycles. The van der Waals surface area contributed by atoms with Gasteiger partial charge in [0.1, 0.15) is 6.54 Å². The van der Waals surface area contributed by atoms with E-state index < -0.39 is 30.9 Å². The van der Waals surface area contributed by atoms with Gasteiger partial charge in [-0.3, -0.25) is 24.1 Å². The molecule has 0 unspecified atom stereocenters. The zero-order chi connectivity index (χ0) is 18.1. The number of esters is 1. The number of hydrogen-bond acceptors (Lipinski definition) is 5. The molecule has 0 aliphatic carbocycles. The van der Waals surface area contributed by atoms with Gasteiger partial charge < -0.3 is 9.64 Å². The van der Waals surface area contributed by atoms with Crippen LogP contribution in [0.15, 0.2) is 12.1 Å². The first-order chi connectivity index (χ1) is 11.9. The van der Waals surface area contributed by atoms with Crippen molar-refractivity contribution in [3.8, 4) is 0 Å². The Morgan fingerprint density at radius 2 is 1.52 bits per heavy atom. The second kappa shape index (κ2) is 7.01. The van der Waals surface area contributed by atoms with Crippen molar-refractivity contribution in [3.63, 3.8) is 0 Å². The maximum Gasteiger partial charge on any atom is 0.326 e. The zero-order valence-corrected chi connectivity index (χ0v) is 14.6. The summed E-state index contributed by atoms with van der Waals surface area (Å²) in [7, 11) is 0. The van der Waals surface area contributed by atoms with E-state index in [2.05, 4.69) is 0 Å². The number of benzene rings is 1. The normalized spacial score (nSPS) is 16.4. The maximum absolute atomic E-state index is 12.3. The Morgan fingerprint density at radius 3 is 2.04 bits per heavy atom. The third-order valence-corrected chi connectivity index (χ3v) is 4.84. The Kier molecular flexibility index (Phi) is 4.96. The van der Waals surface area contributed by atoms with E-state index in [1.165, 1.54) is 12.1 Å². The van der Waals surface area contributed by atoms with Gasteiger partial charge in [-0.2, -0.15) is 0 Å². The van der Waals surface area contributed by atoms with E-state index in [9.17, 15) is 19.2 Å². The van der Waals surface area contributed by atoms with E-state index in [0.717, 1.165) is 17.7 Å². The number of ether oxygens (including phenoxy) is 1. The van der Waals surface area contributed by atoms with Crippen LogP contribution in [0.25, 0.3) is 0 Å². The summed E-state index contributed by atoms with van der Waals surface area (Å²) in [5.74, 6) is -2.42. The summed E-state index contributed by atoms with van der Waals surface area (Å²) in [5, 5.41) is 0.282. The molecule has 0 aromatic heterocycles. The number of likely N-dealkylation sites (tertiary alicyclic amines) is 1. The lowest BCUT2D eigenvalue weighted by molar-refractivity contribution is -0.151. The highest BCUT2D eigenvalue weighted by Gasteiger charge is 2.38. The third-order valence-electron chi connectivity index (χ3n) is 4.11. The van der Waals surface area contributed by atoms with E-state index >= 15 is 0 Å². The topological polar surface area (TPSA) is 84.0 Å². The molecule has 1 fully saturated rings. The molecule has 3 amide bonds. The number of amides is 3. The van der Waals surface area contributed by atoms with Gasteiger partial charge in [0.05, 0.1) is 21.2 Å². The molecule has 0 bridgehead atoms. The Hall–Kier alpha value is -2.12. The van der Waals surface area contributed by atoms with Gasteiger partial charge >= 0.3 is 5.97 Å². The second-order valence-corrected chi connectivity index (χ2v) is 6.57. The van der Waals surface area contributed by atoms with Gasteiger partial charge in [0.2, 0.25) is 0 Å². The number of fused-ring (bicyclic) bond motifs is 1. The summed E-state index contributed by atoms with van der Waals surface area (Å²) >= 11 is 11.7. The quantitative estimate of drug-likeness (QED) is 0.583. The first-order valence-electron chi connectivity index (χ1n) is 7.67. The molecule has 1 saturated heterocycles. The largest absolute Gasteiger partial charge is 0.454 e. The minimum Gasteiger partial charge on any atom is -0.454 e. The van der Waals surface area contributed by atoms with Crippen LogP contribution in [0.2, 0.25) is 10.0 Å². The Bertz CT molecular complexity index is 733. The average Bonchev–Trinajstić information content (AvgIpc) is 3.19. The molecular weight excluding hydrogens is 371 g/mol. The van der Waals surface area contributed by atoms with Crippen LogP contribution < -0.4 is 0 Å². The molecule has 0 atom stereocenters. The summed E-state index contributed by atoms with van der Waals surface area (Å²) in [6.07, 6.45) is 1.86. The summed E-state index contributed by atoms with van der Waals surface area (Å²) in [4.78, 5) is 50.7. The lowest BCUT2D eigenvalue weighted by Crippen LogP contribution is -2.37. The van der Waals surface area contributed by atoms with E-state index in [0.29, 0.717) is 13.1 Å². The molecule has 0 N–H and O–H groups in total. The van der Waals surface area contributed by atoms with Crippen molar-refractivity contribution >= 4 is 46.9 Å². The van der Waals surface area contributed by atoms with Crippen LogP contribution in [0, 0.1) is 0 Å². The lowest BCUT2D eigenvalue weighted by atomic mass is 10.1. The second-order valence-electron chi connectivity index (χ2n) is 5.76. The third kappa shape index (κ3) is 3.48. The number of imide groups is 1. The Balaban J connectivity index is 1.61. The molecule has 2 aliphatic rings. The number of hydrogen-bond donors (Lipinski definition) is 0. The van der Waals surface area contributed by atoms with Gasteiger partial charge in [-0.1, -0.05) is 23.2 Å². The molecule has 2 aliphatic heterocycles. The van der Waals surface area contributed by atoms with Crippen molar-refractivity contribution in [3.05, 3.63) is 33.3 Å². The number of carbonyl (C=O) groups excluding carboxylic acids is 4. The molecule has 0 saturated carbocycles. The molecule has 7 nitrogen and oxygen atoms in total. The molecule has 9 heteroatoms. The molecule has 0 spiro atoms. The van der Waals surface area contributed by atoms with E-state index in [4.69, 9.17) is 27.9 Å². The number of halogens is 2. The van der Waals surface area contributed by atoms with Gasteiger partial charge in [-0.05, 0) is 25.0 Å². The van der Waals surface area contributed by atoms with Crippen molar-refractivity contribution in [2.45, 2.75) is 12.8 Å².